The average Bonchev–Trinajstić information content (AvgIpc) is 1.99. The van der Waals surface area contributed by atoms with E-state index in [0.29, 0.717) is 12.1 Å². The van der Waals surface area contributed by atoms with Crippen LogP contribution in [0.2, 0.25) is 0 Å². The van der Waals surface area contributed by atoms with Crippen LogP contribution in [0.4, 0.5) is 22.0 Å². The Morgan fingerprint density at radius 2 is 1.47 bits per heavy atom. The summed E-state index contributed by atoms with van der Waals surface area (Å²) in [6.07, 6.45) is 0. The molecule has 1 aromatic carbocycles. The highest BCUT2D eigenvalue weighted by molar-refractivity contribution is 6.22. The zero-order chi connectivity index (χ0) is 11.9. The van der Waals surface area contributed by atoms with Crippen LogP contribution in [0, 0.1) is 5.82 Å². The predicted molar refractivity (Wildman–Crippen MR) is 45.9 cm³/mol. The summed E-state index contributed by atoms with van der Waals surface area (Å²) < 4.78 is 62.7. The van der Waals surface area contributed by atoms with Crippen LogP contribution in [0.3, 0.4) is 0 Å². The third-order valence-electron chi connectivity index (χ3n) is 1.60. The van der Waals surface area contributed by atoms with Crippen molar-refractivity contribution < 1.29 is 22.0 Å². The molecule has 0 bridgehead atoms. The van der Waals surface area contributed by atoms with Crippen LogP contribution >= 0.6 is 23.2 Å². The van der Waals surface area contributed by atoms with Crippen LogP contribution in [0.15, 0.2) is 18.2 Å². The summed E-state index contributed by atoms with van der Waals surface area (Å²) in [5, 5.41) is -7.74. The molecule has 0 aliphatic carbocycles. The van der Waals surface area contributed by atoms with Crippen molar-refractivity contribution in [3.63, 3.8) is 0 Å². The molecule has 0 heterocycles. The van der Waals surface area contributed by atoms with Gasteiger partial charge in [-0.25, -0.2) is 4.39 Å². The first kappa shape index (κ1) is 12.5. The number of halogens is 7. The molecule has 84 valence electrons. The Morgan fingerprint density at radius 1 is 0.933 bits per heavy atom. The van der Waals surface area contributed by atoms with Gasteiger partial charge in [-0.3, -0.25) is 0 Å². The van der Waals surface area contributed by atoms with E-state index in [9.17, 15) is 22.0 Å². The fourth-order valence-electron chi connectivity index (χ4n) is 0.921. The smallest absolute Gasteiger partial charge is 0.206 e. The standard InChI is InChI=1S/C8H3Cl2F5/c9-7(12,13)4-1-2-5(6(11)3-4)8(10,14)15/h1-3H. The number of alkyl halides is 6. The van der Waals surface area contributed by atoms with E-state index in [2.05, 4.69) is 23.2 Å². The first-order valence-corrected chi connectivity index (χ1v) is 4.32. The second kappa shape index (κ2) is 3.79. The van der Waals surface area contributed by atoms with Gasteiger partial charge in [0.05, 0.1) is 5.56 Å². The van der Waals surface area contributed by atoms with Crippen molar-refractivity contribution in [2.75, 3.05) is 0 Å². The van der Waals surface area contributed by atoms with E-state index >= 15 is 0 Å². The fraction of sp³-hybridized carbons (Fsp3) is 0.250. The fourth-order valence-corrected chi connectivity index (χ4v) is 1.19. The van der Waals surface area contributed by atoms with Crippen molar-refractivity contribution >= 4 is 23.2 Å². The third-order valence-corrected chi connectivity index (χ3v) is 2.02. The summed E-state index contributed by atoms with van der Waals surface area (Å²) in [6.45, 7) is 0. The minimum absolute atomic E-state index is 0.221. The zero-order valence-corrected chi connectivity index (χ0v) is 8.39. The Morgan fingerprint density at radius 3 is 1.80 bits per heavy atom. The lowest BCUT2D eigenvalue weighted by Gasteiger charge is -2.12. The second-order valence-electron chi connectivity index (χ2n) is 2.69. The van der Waals surface area contributed by atoms with Gasteiger partial charge in [0.25, 0.3) is 0 Å². The van der Waals surface area contributed by atoms with E-state index in [4.69, 9.17) is 0 Å². The maximum Gasteiger partial charge on any atom is 0.351 e. The quantitative estimate of drug-likeness (QED) is 0.549. The van der Waals surface area contributed by atoms with Gasteiger partial charge in [-0.05, 0) is 35.3 Å². The van der Waals surface area contributed by atoms with Gasteiger partial charge in [0.15, 0.2) is 0 Å². The molecule has 0 unspecified atom stereocenters. The van der Waals surface area contributed by atoms with Crippen LogP contribution in [-0.4, -0.2) is 0 Å². The number of benzene rings is 1. The lowest BCUT2D eigenvalue weighted by Crippen LogP contribution is -2.10. The average molecular weight is 265 g/mol. The molecule has 0 amide bonds. The molecule has 0 aromatic heterocycles. The molecule has 0 saturated heterocycles. The van der Waals surface area contributed by atoms with Crippen molar-refractivity contribution in [3.05, 3.63) is 35.1 Å². The molecule has 0 nitrogen and oxygen atoms in total. The summed E-state index contributed by atoms with van der Waals surface area (Å²) in [5.41, 5.74) is -2.08. The van der Waals surface area contributed by atoms with E-state index in [-0.39, 0.29) is 6.07 Å². The Hall–Kier alpha value is -0.550. The zero-order valence-electron chi connectivity index (χ0n) is 6.88. The van der Waals surface area contributed by atoms with E-state index < -0.39 is 27.7 Å². The first-order valence-electron chi connectivity index (χ1n) is 3.56. The third kappa shape index (κ3) is 2.95. The topological polar surface area (TPSA) is 0 Å². The van der Waals surface area contributed by atoms with Gasteiger partial charge in [-0.15, -0.1) is 0 Å². The largest absolute Gasteiger partial charge is 0.351 e. The van der Waals surface area contributed by atoms with Crippen molar-refractivity contribution in [1.29, 1.82) is 0 Å². The summed E-state index contributed by atoms with van der Waals surface area (Å²) >= 11 is 9.11. The molecular formula is C8H3Cl2F5. The molecule has 7 heteroatoms. The first-order chi connectivity index (χ1) is 6.62. The highest BCUT2D eigenvalue weighted by Crippen LogP contribution is 2.38. The van der Waals surface area contributed by atoms with Gasteiger partial charge in [-0.2, -0.15) is 17.6 Å². The van der Waals surface area contributed by atoms with E-state index in [1.54, 1.807) is 0 Å². The number of hydrogen-bond donors (Lipinski definition) is 0. The monoisotopic (exact) mass is 264 g/mol. The lowest BCUT2D eigenvalue weighted by atomic mass is 10.1. The van der Waals surface area contributed by atoms with Crippen molar-refractivity contribution in [1.82, 2.24) is 0 Å². The molecule has 1 aromatic rings. The molecule has 0 saturated carbocycles. The number of hydrogen-bond acceptors (Lipinski definition) is 0. The van der Waals surface area contributed by atoms with Crippen LogP contribution in [0.25, 0.3) is 0 Å². The minimum atomic E-state index is -3.94. The maximum absolute atomic E-state index is 12.9. The van der Waals surface area contributed by atoms with Gasteiger partial charge in [0.1, 0.15) is 5.82 Å². The summed E-state index contributed by atoms with van der Waals surface area (Å²) in [4.78, 5) is 0. The van der Waals surface area contributed by atoms with Crippen molar-refractivity contribution in [2.24, 2.45) is 0 Å². The normalized spacial score (nSPS) is 13.0. The highest BCUT2D eigenvalue weighted by Gasteiger charge is 2.34. The van der Waals surface area contributed by atoms with Gasteiger partial charge >= 0.3 is 10.8 Å². The Kier molecular flexibility index (Phi) is 3.16. The molecule has 0 aliphatic rings. The van der Waals surface area contributed by atoms with Gasteiger partial charge in [0, 0.05) is 5.56 Å². The summed E-state index contributed by atoms with van der Waals surface area (Å²) in [6, 6.07) is 1.27. The van der Waals surface area contributed by atoms with E-state index in [1.807, 2.05) is 0 Å². The molecule has 0 radical (unpaired) electrons. The Labute approximate surface area is 91.6 Å². The summed E-state index contributed by atoms with van der Waals surface area (Å²) in [5.74, 6) is -1.53. The molecule has 0 aliphatic heterocycles. The molecular weight excluding hydrogens is 262 g/mol. The number of rotatable bonds is 2. The van der Waals surface area contributed by atoms with E-state index in [0.717, 1.165) is 0 Å². The van der Waals surface area contributed by atoms with Crippen molar-refractivity contribution in [3.8, 4) is 0 Å². The molecule has 0 N–H and O–H groups in total. The maximum atomic E-state index is 12.9. The van der Waals surface area contributed by atoms with Gasteiger partial charge in [0.2, 0.25) is 0 Å². The Bertz CT molecular complexity index is 366. The Balaban J connectivity index is 3.21. The molecule has 0 spiro atoms. The van der Waals surface area contributed by atoms with E-state index in [1.165, 1.54) is 0 Å². The molecule has 15 heavy (non-hydrogen) atoms. The summed E-state index contributed by atoms with van der Waals surface area (Å²) in [7, 11) is 0. The molecule has 0 fully saturated rings. The molecule has 1 rings (SSSR count). The van der Waals surface area contributed by atoms with Crippen LogP contribution in [0.1, 0.15) is 11.1 Å². The second-order valence-corrected chi connectivity index (χ2v) is 3.64. The molecule has 0 atom stereocenters. The SMILES string of the molecule is Fc1cc(C(F)(F)Cl)ccc1C(F)(F)Cl. The van der Waals surface area contributed by atoms with Crippen LogP contribution in [0.5, 0.6) is 0 Å². The highest BCUT2D eigenvalue weighted by atomic mass is 35.5. The van der Waals surface area contributed by atoms with Gasteiger partial charge < -0.3 is 0 Å². The van der Waals surface area contributed by atoms with Crippen LogP contribution < -0.4 is 0 Å². The predicted octanol–water partition coefficient (Wildman–Crippen LogP) is 4.40. The minimum Gasteiger partial charge on any atom is -0.206 e. The van der Waals surface area contributed by atoms with Crippen LogP contribution in [-0.2, 0) is 10.8 Å². The lowest BCUT2D eigenvalue weighted by molar-refractivity contribution is 0.0866. The van der Waals surface area contributed by atoms with Crippen molar-refractivity contribution in [2.45, 2.75) is 10.8 Å². The van der Waals surface area contributed by atoms with Gasteiger partial charge in [-0.1, -0.05) is 6.07 Å².